The van der Waals surface area contributed by atoms with E-state index >= 15 is 0 Å². The van der Waals surface area contributed by atoms with Crippen LogP contribution in [0.3, 0.4) is 0 Å². The van der Waals surface area contributed by atoms with Crippen LogP contribution < -0.4 is 5.32 Å². The van der Waals surface area contributed by atoms with Crippen molar-refractivity contribution in [1.82, 2.24) is 14.6 Å². The van der Waals surface area contributed by atoms with Gasteiger partial charge in [-0.05, 0) is 29.3 Å². The minimum Gasteiger partial charge on any atom is -0.321 e. The van der Waals surface area contributed by atoms with Crippen molar-refractivity contribution in [3.63, 3.8) is 0 Å². The molecule has 2 heterocycles. The molecule has 152 valence electrons. The van der Waals surface area contributed by atoms with Crippen LogP contribution in [0.1, 0.15) is 34.7 Å². The third-order valence-corrected chi connectivity index (χ3v) is 4.40. The summed E-state index contributed by atoms with van der Waals surface area (Å²) < 4.78 is 53.0. The summed E-state index contributed by atoms with van der Waals surface area (Å²) in [7, 11) is 0. The van der Waals surface area contributed by atoms with Crippen LogP contribution >= 0.6 is 0 Å². The van der Waals surface area contributed by atoms with Gasteiger partial charge in [-0.2, -0.15) is 5.10 Å². The number of hydrogen-bond donors (Lipinski definition) is 1. The van der Waals surface area contributed by atoms with Crippen molar-refractivity contribution < 1.29 is 22.4 Å². The normalized spacial score (nSPS) is 11.4. The Bertz CT molecular complexity index is 1190. The Morgan fingerprint density at radius 3 is 2.17 bits per heavy atom. The fourth-order valence-electron chi connectivity index (χ4n) is 2.97. The molecule has 0 saturated carbocycles. The molecule has 2 aromatic carbocycles. The third-order valence-electron chi connectivity index (χ3n) is 4.40. The summed E-state index contributed by atoms with van der Waals surface area (Å²) in [5, 5.41) is 6.42. The standard InChI is InChI=1S/C21H14F4N4O/c22-19(23)15-10-17(20(24)25)29-18(27-15)11-16(28-29)21(30)26-14-8-6-13(7-9-14)12-4-2-1-3-5-12/h1-11,19-20H,(H,26,30). The Balaban J connectivity index is 1.59. The number of nitrogens with zero attached hydrogens (tertiary/aromatic N) is 3. The largest absolute Gasteiger partial charge is 0.321 e. The molecule has 0 bridgehead atoms. The average molecular weight is 414 g/mol. The van der Waals surface area contributed by atoms with Gasteiger partial charge in [0.2, 0.25) is 0 Å². The van der Waals surface area contributed by atoms with E-state index in [1.54, 1.807) is 12.1 Å². The SMILES string of the molecule is O=C(Nc1ccc(-c2ccccc2)cc1)c1cc2nc(C(F)F)cc(C(F)F)n2n1. The zero-order chi connectivity index (χ0) is 21.3. The number of amides is 1. The fourth-order valence-corrected chi connectivity index (χ4v) is 2.97. The molecule has 30 heavy (non-hydrogen) atoms. The molecule has 0 aliphatic rings. The molecule has 0 aliphatic carbocycles. The van der Waals surface area contributed by atoms with E-state index in [4.69, 9.17) is 0 Å². The predicted octanol–water partition coefficient (Wildman–Crippen LogP) is 5.52. The fraction of sp³-hybridized carbons (Fsp3) is 0.0952. The van der Waals surface area contributed by atoms with Crippen molar-refractivity contribution in [3.05, 3.63) is 83.8 Å². The van der Waals surface area contributed by atoms with Gasteiger partial charge >= 0.3 is 0 Å². The number of carbonyl (C=O) groups is 1. The first-order valence-corrected chi connectivity index (χ1v) is 8.86. The Hall–Kier alpha value is -3.75. The number of aromatic nitrogens is 3. The zero-order valence-electron chi connectivity index (χ0n) is 15.3. The second-order valence-electron chi connectivity index (χ2n) is 6.40. The summed E-state index contributed by atoms with van der Waals surface area (Å²) in [5.41, 5.74) is 0.383. The van der Waals surface area contributed by atoms with Crippen LogP contribution in [0.25, 0.3) is 16.8 Å². The number of hydrogen-bond acceptors (Lipinski definition) is 3. The maximum absolute atomic E-state index is 13.2. The average Bonchev–Trinajstić information content (AvgIpc) is 3.18. The number of benzene rings is 2. The van der Waals surface area contributed by atoms with Gasteiger partial charge in [0.05, 0.1) is 0 Å². The third kappa shape index (κ3) is 3.86. The second-order valence-corrected chi connectivity index (χ2v) is 6.40. The molecule has 0 saturated heterocycles. The van der Waals surface area contributed by atoms with E-state index in [1.807, 2.05) is 42.5 Å². The Morgan fingerprint density at radius 1 is 0.867 bits per heavy atom. The van der Waals surface area contributed by atoms with E-state index in [2.05, 4.69) is 15.4 Å². The highest BCUT2D eigenvalue weighted by Crippen LogP contribution is 2.26. The van der Waals surface area contributed by atoms with Crippen molar-refractivity contribution in [1.29, 1.82) is 0 Å². The van der Waals surface area contributed by atoms with Crippen LogP contribution in [0.5, 0.6) is 0 Å². The van der Waals surface area contributed by atoms with Gasteiger partial charge in [-0.25, -0.2) is 27.1 Å². The van der Waals surface area contributed by atoms with Crippen LogP contribution in [0.2, 0.25) is 0 Å². The summed E-state index contributed by atoms with van der Waals surface area (Å²) in [4.78, 5) is 16.1. The number of rotatable bonds is 5. The van der Waals surface area contributed by atoms with Gasteiger partial charge in [0.25, 0.3) is 18.8 Å². The predicted molar refractivity (Wildman–Crippen MR) is 103 cm³/mol. The minimum atomic E-state index is -3.06. The van der Waals surface area contributed by atoms with Gasteiger partial charge in [0.15, 0.2) is 11.3 Å². The van der Waals surface area contributed by atoms with E-state index in [9.17, 15) is 22.4 Å². The van der Waals surface area contributed by atoms with Crippen molar-refractivity contribution >= 4 is 17.2 Å². The minimum absolute atomic E-state index is 0.219. The summed E-state index contributed by atoms with van der Waals surface area (Å²) in [6.07, 6.45) is -6.09. The maximum atomic E-state index is 13.2. The van der Waals surface area contributed by atoms with Crippen LogP contribution in [-0.2, 0) is 0 Å². The number of halogens is 4. The molecule has 0 spiro atoms. The number of nitrogens with one attached hydrogen (secondary N) is 1. The van der Waals surface area contributed by atoms with E-state index < -0.39 is 30.1 Å². The number of carbonyl (C=O) groups excluding carboxylic acids is 1. The molecular formula is C21H14F4N4O. The van der Waals surface area contributed by atoms with Gasteiger partial charge in [-0.15, -0.1) is 0 Å². The van der Waals surface area contributed by atoms with Crippen molar-refractivity contribution in [3.8, 4) is 11.1 Å². The zero-order valence-corrected chi connectivity index (χ0v) is 15.3. The summed E-state index contributed by atoms with van der Waals surface area (Å²) in [6.45, 7) is 0. The smallest absolute Gasteiger partial charge is 0.280 e. The molecular weight excluding hydrogens is 400 g/mol. The Morgan fingerprint density at radius 2 is 1.53 bits per heavy atom. The monoisotopic (exact) mass is 414 g/mol. The molecule has 1 amide bonds. The quantitative estimate of drug-likeness (QED) is 0.437. The molecule has 0 unspecified atom stereocenters. The van der Waals surface area contributed by atoms with Crippen molar-refractivity contribution in [2.24, 2.45) is 0 Å². The highest BCUT2D eigenvalue weighted by Gasteiger charge is 2.22. The summed E-state index contributed by atoms with van der Waals surface area (Å²) >= 11 is 0. The molecule has 0 radical (unpaired) electrons. The van der Waals surface area contributed by atoms with E-state index in [-0.39, 0.29) is 11.3 Å². The van der Waals surface area contributed by atoms with Gasteiger partial charge in [-0.1, -0.05) is 42.5 Å². The molecule has 0 atom stereocenters. The first-order chi connectivity index (χ1) is 14.4. The first kappa shape index (κ1) is 19.6. The summed E-state index contributed by atoms with van der Waals surface area (Å²) in [6, 6.07) is 18.3. The second kappa shape index (κ2) is 7.94. The van der Waals surface area contributed by atoms with Crippen molar-refractivity contribution in [2.75, 3.05) is 5.32 Å². The lowest BCUT2D eigenvalue weighted by molar-refractivity contribution is 0.102. The first-order valence-electron chi connectivity index (χ1n) is 8.86. The number of alkyl halides is 4. The van der Waals surface area contributed by atoms with Gasteiger partial charge in [-0.3, -0.25) is 4.79 Å². The molecule has 0 aliphatic heterocycles. The highest BCUT2D eigenvalue weighted by molar-refractivity contribution is 6.03. The van der Waals surface area contributed by atoms with Crippen LogP contribution in [0.4, 0.5) is 23.2 Å². The Labute approximate surface area is 168 Å². The molecule has 1 N–H and O–H groups in total. The number of anilines is 1. The Kier molecular flexibility index (Phi) is 5.18. The maximum Gasteiger partial charge on any atom is 0.280 e. The topological polar surface area (TPSA) is 59.3 Å². The van der Waals surface area contributed by atoms with Gasteiger partial charge in [0, 0.05) is 11.8 Å². The van der Waals surface area contributed by atoms with Crippen LogP contribution in [0, 0.1) is 0 Å². The molecule has 0 fully saturated rings. The van der Waals surface area contributed by atoms with Crippen LogP contribution in [0.15, 0.2) is 66.7 Å². The van der Waals surface area contributed by atoms with Gasteiger partial charge < -0.3 is 5.32 Å². The summed E-state index contributed by atoms with van der Waals surface area (Å²) in [5.74, 6) is -0.674. The van der Waals surface area contributed by atoms with Gasteiger partial charge in [0.1, 0.15) is 11.4 Å². The van der Waals surface area contributed by atoms with E-state index in [1.165, 1.54) is 0 Å². The van der Waals surface area contributed by atoms with E-state index in [0.29, 0.717) is 16.3 Å². The van der Waals surface area contributed by atoms with Crippen molar-refractivity contribution in [2.45, 2.75) is 12.9 Å². The molecule has 4 aromatic rings. The lowest BCUT2D eigenvalue weighted by Crippen LogP contribution is -2.13. The molecule has 2 aromatic heterocycles. The molecule has 4 rings (SSSR count). The highest BCUT2D eigenvalue weighted by atomic mass is 19.3. The molecule has 5 nitrogen and oxygen atoms in total. The lowest BCUT2D eigenvalue weighted by Gasteiger charge is -2.06. The van der Waals surface area contributed by atoms with E-state index in [0.717, 1.165) is 17.2 Å². The number of fused-ring (bicyclic) bond motifs is 1. The molecule has 9 heteroatoms. The van der Waals surface area contributed by atoms with Crippen LogP contribution in [-0.4, -0.2) is 20.5 Å². The lowest BCUT2D eigenvalue weighted by atomic mass is 10.1.